The Morgan fingerprint density at radius 3 is 3.29 bits per heavy atom. The zero-order valence-electron chi connectivity index (χ0n) is 11.3. The zero-order chi connectivity index (χ0) is 14.1. The topological polar surface area (TPSA) is 83.7 Å². The maximum absolute atomic E-state index is 5.37. The number of hydrogen-bond acceptors (Lipinski definition) is 7. The molecule has 1 fully saturated rings. The van der Waals surface area contributed by atoms with Crippen molar-refractivity contribution in [3.05, 3.63) is 34.9 Å². The summed E-state index contributed by atoms with van der Waals surface area (Å²) in [5.74, 6) is 2.20. The Labute approximate surface area is 125 Å². The average Bonchev–Trinajstić information content (AvgIpc) is 3.28. The van der Waals surface area contributed by atoms with E-state index in [0.29, 0.717) is 18.3 Å². The second kappa shape index (κ2) is 5.38. The minimum atomic E-state index is 0.254. The van der Waals surface area contributed by atoms with Gasteiger partial charge in [-0.2, -0.15) is 21.4 Å². The third kappa shape index (κ3) is 2.47. The molecule has 1 N–H and O–H groups in total. The maximum Gasteiger partial charge on any atom is 0.241 e. The van der Waals surface area contributed by atoms with Gasteiger partial charge in [-0.05, 0) is 30.8 Å². The number of rotatable bonds is 4. The van der Waals surface area contributed by atoms with Crippen LogP contribution in [-0.4, -0.2) is 36.8 Å². The Morgan fingerprint density at radius 1 is 1.48 bits per heavy atom. The van der Waals surface area contributed by atoms with Crippen LogP contribution in [0.5, 0.6) is 0 Å². The van der Waals surface area contributed by atoms with Crippen molar-refractivity contribution in [2.24, 2.45) is 0 Å². The largest absolute Gasteiger partial charge is 0.338 e. The molecule has 1 aliphatic rings. The summed E-state index contributed by atoms with van der Waals surface area (Å²) >= 11 is 1.62. The lowest BCUT2D eigenvalue weighted by Crippen LogP contribution is -2.23. The van der Waals surface area contributed by atoms with E-state index in [0.717, 1.165) is 30.8 Å². The Hall–Kier alpha value is -2.06. The lowest BCUT2D eigenvalue weighted by atomic mass is 10.2. The summed E-state index contributed by atoms with van der Waals surface area (Å²) < 4.78 is 5.37. The van der Waals surface area contributed by atoms with Crippen molar-refractivity contribution in [2.45, 2.75) is 25.4 Å². The Bertz CT molecular complexity index is 692. The first-order valence-electron chi connectivity index (χ1n) is 6.84. The summed E-state index contributed by atoms with van der Waals surface area (Å²) in [6.07, 6.45) is 3.75. The SMILES string of the molecule is c1n[nH]c([C@@H]2CCCN2Cc2nc(-c3ccsc3)no2)n1. The molecule has 0 amide bonds. The van der Waals surface area contributed by atoms with Crippen molar-refractivity contribution in [3.63, 3.8) is 0 Å². The smallest absolute Gasteiger partial charge is 0.241 e. The first-order chi connectivity index (χ1) is 10.4. The van der Waals surface area contributed by atoms with E-state index in [1.807, 2.05) is 16.8 Å². The minimum Gasteiger partial charge on any atom is -0.338 e. The van der Waals surface area contributed by atoms with Crippen LogP contribution < -0.4 is 0 Å². The molecule has 4 rings (SSSR count). The highest BCUT2D eigenvalue weighted by Gasteiger charge is 2.29. The third-order valence-electron chi connectivity index (χ3n) is 3.70. The summed E-state index contributed by atoms with van der Waals surface area (Å²) in [6, 6.07) is 2.25. The van der Waals surface area contributed by atoms with Crippen molar-refractivity contribution in [1.29, 1.82) is 0 Å². The number of H-pyrrole nitrogens is 1. The van der Waals surface area contributed by atoms with Gasteiger partial charge in [-0.3, -0.25) is 10.00 Å². The Balaban J connectivity index is 1.51. The summed E-state index contributed by atoms with van der Waals surface area (Å²) in [7, 11) is 0. The fourth-order valence-corrected chi connectivity index (χ4v) is 3.34. The van der Waals surface area contributed by atoms with E-state index in [2.05, 4.69) is 30.2 Å². The number of thiophene rings is 1. The summed E-state index contributed by atoms with van der Waals surface area (Å²) in [4.78, 5) is 11.0. The molecular weight excluding hydrogens is 288 g/mol. The zero-order valence-corrected chi connectivity index (χ0v) is 12.1. The van der Waals surface area contributed by atoms with Gasteiger partial charge in [0, 0.05) is 10.9 Å². The molecular formula is C13H14N6OS. The molecule has 4 heterocycles. The molecule has 21 heavy (non-hydrogen) atoms. The highest BCUT2D eigenvalue weighted by Crippen LogP contribution is 2.30. The molecule has 3 aromatic heterocycles. The van der Waals surface area contributed by atoms with Gasteiger partial charge < -0.3 is 4.52 Å². The van der Waals surface area contributed by atoms with E-state index < -0.39 is 0 Å². The van der Waals surface area contributed by atoms with Crippen molar-refractivity contribution < 1.29 is 4.52 Å². The quantitative estimate of drug-likeness (QED) is 0.796. The summed E-state index contributed by atoms with van der Waals surface area (Å²) in [6.45, 7) is 1.64. The number of likely N-dealkylation sites (tertiary alicyclic amines) is 1. The van der Waals surface area contributed by atoms with E-state index in [1.54, 1.807) is 17.7 Å². The lowest BCUT2D eigenvalue weighted by molar-refractivity contribution is 0.206. The van der Waals surface area contributed by atoms with Crippen LogP contribution >= 0.6 is 11.3 Å². The van der Waals surface area contributed by atoms with E-state index in [1.165, 1.54) is 0 Å². The highest BCUT2D eigenvalue weighted by atomic mass is 32.1. The van der Waals surface area contributed by atoms with Crippen LogP contribution in [0.1, 0.15) is 30.6 Å². The van der Waals surface area contributed by atoms with Gasteiger partial charge >= 0.3 is 0 Å². The van der Waals surface area contributed by atoms with Crippen molar-refractivity contribution in [3.8, 4) is 11.4 Å². The fourth-order valence-electron chi connectivity index (χ4n) is 2.70. The van der Waals surface area contributed by atoms with Gasteiger partial charge in [-0.15, -0.1) is 0 Å². The van der Waals surface area contributed by atoms with Gasteiger partial charge in [-0.25, -0.2) is 4.98 Å². The molecule has 0 aromatic carbocycles. The van der Waals surface area contributed by atoms with E-state index in [-0.39, 0.29) is 6.04 Å². The first-order valence-corrected chi connectivity index (χ1v) is 7.79. The molecule has 8 heteroatoms. The molecule has 7 nitrogen and oxygen atoms in total. The van der Waals surface area contributed by atoms with Gasteiger partial charge in [0.15, 0.2) is 0 Å². The molecule has 3 aromatic rings. The van der Waals surface area contributed by atoms with E-state index >= 15 is 0 Å². The number of aromatic amines is 1. The molecule has 0 spiro atoms. The second-order valence-electron chi connectivity index (χ2n) is 5.02. The number of nitrogens with one attached hydrogen (secondary N) is 1. The Morgan fingerprint density at radius 2 is 2.48 bits per heavy atom. The van der Waals surface area contributed by atoms with Gasteiger partial charge in [0.1, 0.15) is 12.2 Å². The summed E-state index contributed by atoms with van der Waals surface area (Å²) in [5.41, 5.74) is 1.00. The molecule has 0 radical (unpaired) electrons. The fraction of sp³-hybridized carbons (Fsp3) is 0.385. The molecule has 1 aliphatic heterocycles. The molecule has 0 saturated carbocycles. The van der Waals surface area contributed by atoms with Gasteiger partial charge in [-0.1, -0.05) is 5.16 Å². The molecule has 1 atom stereocenters. The third-order valence-corrected chi connectivity index (χ3v) is 4.38. The number of hydrogen-bond donors (Lipinski definition) is 1. The molecule has 1 saturated heterocycles. The second-order valence-corrected chi connectivity index (χ2v) is 5.80. The lowest BCUT2D eigenvalue weighted by Gasteiger charge is -2.20. The minimum absolute atomic E-state index is 0.254. The van der Waals surface area contributed by atoms with Gasteiger partial charge in [0.2, 0.25) is 11.7 Å². The normalized spacial score (nSPS) is 19.3. The van der Waals surface area contributed by atoms with Gasteiger partial charge in [0.25, 0.3) is 0 Å². The van der Waals surface area contributed by atoms with Crippen LogP contribution in [0.2, 0.25) is 0 Å². The molecule has 0 unspecified atom stereocenters. The summed E-state index contributed by atoms with van der Waals surface area (Å²) in [5, 5.41) is 15.0. The van der Waals surface area contributed by atoms with Gasteiger partial charge in [0.05, 0.1) is 12.6 Å². The highest BCUT2D eigenvalue weighted by molar-refractivity contribution is 7.08. The predicted molar refractivity (Wildman–Crippen MR) is 76.4 cm³/mol. The monoisotopic (exact) mass is 302 g/mol. The van der Waals surface area contributed by atoms with E-state index in [9.17, 15) is 0 Å². The predicted octanol–water partition coefficient (Wildman–Crippen LogP) is 2.25. The van der Waals surface area contributed by atoms with E-state index in [4.69, 9.17) is 4.52 Å². The van der Waals surface area contributed by atoms with Crippen LogP contribution in [0.25, 0.3) is 11.4 Å². The van der Waals surface area contributed by atoms with Crippen molar-refractivity contribution in [1.82, 2.24) is 30.2 Å². The standard InChI is InChI=1S/C13H14N6OS/c1-2-10(13-14-8-15-17-13)19(4-1)6-11-16-12(18-20-11)9-3-5-21-7-9/h3,5,7-8,10H,1-2,4,6H2,(H,14,15,17)/t10-/m0/s1. The molecule has 0 bridgehead atoms. The van der Waals surface area contributed by atoms with Crippen LogP contribution in [0, 0.1) is 0 Å². The average molecular weight is 302 g/mol. The first kappa shape index (κ1) is 12.7. The van der Waals surface area contributed by atoms with Crippen LogP contribution in [0.4, 0.5) is 0 Å². The Kier molecular flexibility index (Phi) is 3.24. The van der Waals surface area contributed by atoms with Crippen LogP contribution in [-0.2, 0) is 6.54 Å². The number of nitrogens with zero attached hydrogens (tertiary/aromatic N) is 5. The molecule has 0 aliphatic carbocycles. The van der Waals surface area contributed by atoms with Crippen molar-refractivity contribution >= 4 is 11.3 Å². The van der Waals surface area contributed by atoms with Crippen LogP contribution in [0.3, 0.4) is 0 Å². The van der Waals surface area contributed by atoms with Crippen molar-refractivity contribution in [2.75, 3.05) is 6.54 Å². The van der Waals surface area contributed by atoms with Crippen LogP contribution in [0.15, 0.2) is 27.7 Å². The maximum atomic E-state index is 5.37. The molecule has 108 valence electrons. The number of aromatic nitrogens is 5.